The number of ether oxygens (including phenoxy) is 2. The van der Waals surface area contributed by atoms with Crippen LogP contribution in [0.25, 0.3) is 0 Å². The molecule has 31 heavy (non-hydrogen) atoms. The summed E-state index contributed by atoms with van der Waals surface area (Å²) in [5, 5.41) is 3.59. The number of carbonyl (C=O) groups excluding carboxylic acids is 2. The van der Waals surface area contributed by atoms with Crippen LogP contribution in [0.1, 0.15) is 41.6 Å². The molecular formula is C24H29ClN2O4. The minimum absolute atomic E-state index is 0.00302. The maximum Gasteiger partial charge on any atom is 0.254 e. The summed E-state index contributed by atoms with van der Waals surface area (Å²) in [5.74, 6) is 1.43. The zero-order chi connectivity index (χ0) is 22.2. The van der Waals surface area contributed by atoms with Crippen molar-refractivity contribution in [3.63, 3.8) is 0 Å². The average Bonchev–Trinajstić information content (AvgIpc) is 2.81. The van der Waals surface area contributed by atoms with E-state index >= 15 is 0 Å². The number of carbonyl (C=O) groups is 2. The Bertz CT molecular complexity index is 918. The first-order chi connectivity index (χ1) is 15.0. The summed E-state index contributed by atoms with van der Waals surface area (Å²) in [5.41, 5.74) is 1.48. The van der Waals surface area contributed by atoms with Crippen LogP contribution < -0.4 is 14.8 Å². The number of benzene rings is 2. The van der Waals surface area contributed by atoms with E-state index < -0.39 is 0 Å². The molecule has 7 heteroatoms. The van der Waals surface area contributed by atoms with Crippen molar-refractivity contribution in [2.75, 3.05) is 27.3 Å². The molecule has 3 rings (SSSR count). The molecule has 2 amide bonds. The van der Waals surface area contributed by atoms with Gasteiger partial charge >= 0.3 is 0 Å². The summed E-state index contributed by atoms with van der Waals surface area (Å²) in [7, 11) is 3.12. The highest BCUT2D eigenvalue weighted by molar-refractivity contribution is 6.31. The molecule has 1 saturated heterocycles. The van der Waals surface area contributed by atoms with Crippen molar-refractivity contribution in [1.82, 2.24) is 10.2 Å². The van der Waals surface area contributed by atoms with Gasteiger partial charge in [0.15, 0.2) is 11.5 Å². The Labute approximate surface area is 188 Å². The fourth-order valence-electron chi connectivity index (χ4n) is 3.90. The van der Waals surface area contributed by atoms with Crippen LogP contribution in [0.3, 0.4) is 0 Å². The van der Waals surface area contributed by atoms with Crippen LogP contribution in [-0.2, 0) is 11.3 Å². The number of nitrogens with zero attached hydrogens (tertiary/aromatic N) is 1. The monoisotopic (exact) mass is 444 g/mol. The van der Waals surface area contributed by atoms with Gasteiger partial charge in [0.1, 0.15) is 0 Å². The van der Waals surface area contributed by atoms with E-state index in [4.69, 9.17) is 21.1 Å². The lowest BCUT2D eigenvalue weighted by molar-refractivity contribution is -0.121. The molecule has 2 aromatic carbocycles. The Balaban J connectivity index is 1.50. The molecule has 2 aromatic rings. The number of hydrogen-bond acceptors (Lipinski definition) is 4. The van der Waals surface area contributed by atoms with Gasteiger partial charge < -0.3 is 19.7 Å². The third-order valence-corrected chi connectivity index (χ3v) is 6.02. The fourth-order valence-corrected chi connectivity index (χ4v) is 4.10. The molecule has 1 unspecified atom stereocenters. The maximum absolute atomic E-state index is 13.0. The van der Waals surface area contributed by atoms with Crippen molar-refractivity contribution in [2.45, 2.75) is 32.2 Å². The number of likely N-dealkylation sites (tertiary alicyclic amines) is 1. The zero-order valence-electron chi connectivity index (χ0n) is 18.0. The van der Waals surface area contributed by atoms with E-state index in [2.05, 4.69) is 5.32 Å². The van der Waals surface area contributed by atoms with E-state index in [0.717, 1.165) is 31.4 Å². The summed E-state index contributed by atoms with van der Waals surface area (Å²) in [6.07, 6.45) is 3.15. The number of halogens is 1. The van der Waals surface area contributed by atoms with Crippen LogP contribution in [-0.4, -0.2) is 44.0 Å². The molecule has 0 bridgehead atoms. The largest absolute Gasteiger partial charge is 0.493 e. The van der Waals surface area contributed by atoms with E-state index in [1.165, 1.54) is 0 Å². The molecule has 1 N–H and O–H groups in total. The average molecular weight is 445 g/mol. The van der Waals surface area contributed by atoms with Crippen molar-refractivity contribution in [3.05, 3.63) is 58.6 Å². The van der Waals surface area contributed by atoms with Gasteiger partial charge in [-0.2, -0.15) is 0 Å². The summed E-state index contributed by atoms with van der Waals surface area (Å²) in [6, 6.07) is 12.7. The zero-order valence-corrected chi connectivity index (χ0v) is 18.8. The van der Waals surface area contributed by atoms with E-state index in [1.54, 1.807) is 32.4 Å². The standard InChI is InChI=1S/C24H29ClN2O4/c1-30-21-11-10-18(14-22(21)31-2)24(29)27-13-5-6-17(16-27)9-12-23(28)26-15-19-7-3-4-8-20(19)25/h3-4,7-8,10-11,14,17H,5-6,9,12-13,15-16H2,1-2H3,(H,26,28). The summed E-state index contributed by atoms with van der Waals surface area (Å²) in [6.45, 7) is 1.81. The second kappa shape index (κ2) is 11.0. The molecule has 0 aliphatic carbocycles. The molecule has 1 atom stereocenters. The second-order valence-corrected chi connectivity index (χ2v) is 8.14. The van der Waals surface area contributed by atoms with Crippen molar-refractivity contribution in [2.24, 2.45) is 5.92 Å². The Morgan fingerprint density at radius 3 is 2.65 bits per heavy atom. The number of piperidine rings is 1. The number of hydrogen-bond donors (Lipinski definition) is 1. The van der Waals surface area contributed by atoms with Gasteiger partial charge in [0.2, 0.25) is 5.91 Å². The van der Waals surface area contributed by atoms with Crippen molar-refractivity contribution < 1.29 is 19.1 Å². The third-order valence-electron chi connectivity index (χ3n) is 5.65. The van der Waals surface area contributed by atoms with Crippen molar-refractivity contribution in [3.8, 4) is 11.5 Å². The van der Waals surface area contributed by atoms with Gasteiger partial charge in [0.25, 0.3) is 5.91 Å². The lowest BCUT2D eigenvalue weighted by Crippen LogP contribution is -2.40. The minimum Gasteiger partial charge on any atom is -0.493 e. The predicted molar refractivity (Wildman–Crippen MR) is 121 cm³/mol. The summed E-state index contributed by atoms with van der Waals surface area (Å²) < 4.78 is 10.6. The van der Waals surface area contributed by atoms with E-state index in [-0.39, 0.29) is 11.8 Å². The number of nitrogens with one attached hydrogen (secondary N) is 1. The Hall–Kier alpha value is -2.73. The van der Waals surface area contributed by atoms with Gasteiger partial charge in [-0.15, -0.1) is 0 Å². The van der Waals surface area contributed by atoms with Crippen molar-refractivity contribution in [1.29, 1.82) is 0 Å². The molecular weight excluding hydrogens is 416 g/mol. The molecule has 0 aromatic heterocycles. The SMILES string of the molecule is COc1ccc(C(=O)N2CCCC(CCC(=O)NCc3ccccc3Cl)C2)cc1OC. The molecule has 0 spiro atoms. The van der Waals surface area contributed by atoms with Gasteiger partial charge in [-0.05, 0) is 55.0 Å². The van der Waals surface area contributed by atoms with Gasteiger partial charge in [-0.25, -0.2) is 0 Å². The first kappa shape index (κ1) is 22.9. The molecule has 0 saturated carbocycles. The third kappa shape index (κ3) is 6.14. The van der Waals surface area contributed by atoms with Gasteiger partial charge in [0, 0.05) is 36.6 Å². The molecule has 6 nitrogen and oxygen atoms in total. The van der Waals surface area contributed by atoms with Crippen LogP contribution in [0.15, 0.2) is 42.5 Å². The van der Waals surface area contributed by atoms with Gasteiger partial charge in [0.05, 0.1) is 14.2 Å². The van der Waals surface area contributed by atoms with Crippen LogP contribution in [0.4, 0.5) is 0 Å². The first-order valence-corrected chi connectivity index (χ1v) is 10.9. The van der Waals surface area contributed by atoms with Crippen LogP contribution in [0.2, 0.25) is 5.02 Å². The Morgan fingerprint density at radius 1 is 1.13 bits per heavy atom. The smallest absolute Gasteiger partial charge is 0.254 e. The predicted octanol–water partition coefficient (Wildman–Crippen LogP) is 4.31. The Kier molecular flexibility index (Phi) is 8.18. The minimum atomic E-state index is -0.0196. The first-order valence-electron chi connectivity index (χ1n) is 10.5. The van der Waals surface area contributed by atoms with Gasteiger partial charge in [-0.3, -0.25) is 9.59 Å². The summed E-state index contributed by atoms with van der Waals surface area (Å²) in [4.78, 5) is 27.1. The van der Waals surface area contributed by atoms with E-state index in [9.17, 15) is 9.59 Å². The van der Waals surface area contributed by atoms with Crippen LogP contribution in [0, 0.1) is 5.92 Å². The maximum atomic E-state index is 13.0. The Morgan fingerprint density at radius 2 is 1.90 bits per heavy atom. The molecule has 1 fully saturated rings. The lowest BCUT2D eigenvalue weighted by atomic mass is 9.92. The number of amides is 2. The molecule has 1 aliphatic rings. The normalized spacial score (nSPS) is 16.0. The number of rotatable bonds is 8. The second-order valence-electron chi connectivity index (χ2n) is 7.74. The van der Waals surface area contributed by atoms with Crippen molar-refractivity contribution >= 4 is 23.4 Å². The van der Waals surface area contributed by atoms with Crippen LogP contribution in [0.5, 0.6) is 11.5 Å². The van der Waals surface area contributed by atoms with E-state index in [0.29, 0.717) is 47.5 Å². The lowest BCUT2D eigenvalue weighted by Gasteiger charge is -2.33. The highest BCUT2D eigenvalue weighted by Crippen LogP contribution is 2.29. The molecule has 166 valence electrons. The molecule has 1 heterocycles. The fraction of sp³-hybridized carbons (Fsp3) is 0.417. The molecule has 0 radical (unpaired) electrons. The van der Waals surface area contributed by atoms with E-state index in [1.807, 2.05) is 29.2 Å². The quantitative estimate of drug-likeness (QED) is 0.658. The topological polar surface area (TPSA) is 67.9 Å². The highest BCUT2D eigenvalue weighted by atomic mass is 35.5. The van der Waals surface area contributed by atoms with Crippen LogP contribution >= 0.6 is 11.6 Å². The summed E-state index contributed by atoms with van der Waals surface area (Å²) >= 11 is 6.14. The molecule has 1 aliphatic heterocycles. The van der Waals surface area contributed by atoms with Gasteiger partial charge in [-0.1, -0.05) is 29.8 Å². The highest BCUT2D eigenvalue weighted by Gasteiger charge is 2.25. The number of methoxy groups -OCH3 is 2.